The fourth-order valence-corrected chi connectivity index (χ4v) is 3.13. The lowest BCUT2D eigenvalue weighted by molar-refractivity contribution is 1.31. The van der Waals surface area contributed by atoms with Gasteiger partial charge in [-0.05, 0) is 22.9 Å². The van der Waals surface area contributed by atoms with Crippen LogP contribution in [0.5, 0.6) is 0 Å². The van der Waals surface area contributed by atoms with Gasteiger partial charge in [-0.3, -0.25) is 4.79 Å². The van der Waals surface area contributed by atoms with E-state index in [9.17, 15) is 4.79 Å². The topological polar surface area (TPSA) is 45.8 Å². The summed E-state index contributed by atoms with van der Waals surface area (Å²) in [5, 5.41) is 3.36. The van der Waals surface area contributed by atoms with Gasteiger partial charge in [0.2, 0.25) is 0 Å². The minimum absolute atomic E-state index is 0.117. The zero-order valence-corrected chi connectivity index (χ0v) is 14.1. The van der Waals surface area contributed by atoms with E-state index in [0.29, 0.717) is 5.52 Å². The van der Waals surface area contributed by atoms with Crippen LogP contribution in [0.4, 0.5) is 0 Å². The molecule has 4 rings (SSSR count). The van der Waals surface area contributed by atoms with Crippen LogP contribution in [-0.2, 0) is 0 Å². The van der Waals surface area contributed by atoms with Crippen LogP contribution in [-0.4, -0.2) is 9.97 Å². The molecule has 3 nitrogen and oxygen atoms in total. The fraction of sp³-hybridized carbons (Fsp3) is 0.222. The molecule has 0 amide bonds. The molecule has 2 heterocycles. The largest absolute Gasteiger partial charge is 0.320 e. The number of benzene rings is 2. The van der Waals surface area contributed by atoms with Gasteiger partial charge in [0.1, 0.15) is 5.52 Å². The minimum atomic E-state index is -0.117. The Bertz CT molecular complexity index is 953. The van der Waals surface area contributed by atoms with Gasteiger partial charge in [0.15, 0.2) is 0 Å². The molecule has 0 saturated heterocycles. The molecule has 0 atom stereocenters. The standard InChI is InChI=1S/C14H8N2OS.2C2H6/c17-14-12-13(18-7-15-12)10-5-8-3-1-2-4-9(8)6-11(10)16-14;2*1-2/h1-7H,(H,16,17);2*1-2H3. The van der Waals surface area contributed by atoms with Gasteiger partial charge < -0.3 is 4.98 Å². The molecule has 0 spiro atoms. The highest BCUT2D eigenvalue weighted by Gasteiger charge is 2.08. The van der Waals surface area contributed by atoms with E-state index >= 15 is 0 Å². The van der Waals surface area contributed by atoms with Crippen molar-refractivity contribution >= 4 is 43.2 Å². The van der Waals surface area contributed by atoms with Crippen molar-refractivity contribution in [2.24, 2.45) is 0 Å². The molecule has 0 radical (unpaired) electrons. The number of H-pyrrole nitrogens is 1. The number of hydrogen-bond donors (Lipinski definition) is 1. The first-order valence-electron chi connectivity index (χ1n) is 7.61. The second-order valence-electron chi connectivity index (χ2n) is 4.23. The van der Waals surface area contributed by atoms with E-state index in [1.807, 2.05) is 52.0 Å². The second-order valence-corrected chi connectivity index (χ2v) is 5.08. The highest BCUT2D eigenvalue weighted by molar-refractivity contribution is 7.17. The highest BCUT2D eigenvalue weighted by atomic mass is 32.1. The Hall–Kier alpha value is -2.20. The van der Waals surface area contributed by atoms with Gasteiger partial charge in [0, 0.05) is 5.39 Å². The third-order valence-corrected chi connectivity index (χ3v) is 4.02. The lowest BCUT2D eigenvalue weighted by Gasteiger charge is -2.02. The van der Waals surface area contributed by atoms with Crippen molar-refractivity contribution in [3.63, 3.8) is 0 Å². The van der Waals surface area contributed by atoms with Crippen LogP contribution in [0.2, 0.25) is 0 Å². The maximum absolute atomic E-state index is 11.9. The molecule has 1 N–H and O–H groups in total. The molecule has 2 aromatic heterocycles. The maximum atomic E-state index is 11.9. The molecule has 0 aliphatic heterocycles. The van der Waals surface area contributed by atoms with Gasteiger partial charge in [-0.2, -0.15) is 0 Å². The predicted molar refractivity (Wildman–Crippen MR) is 97.9 cm³/mol. The molecule has 0 aliphatic rings. The molecule has 4 aromatic rings. The van der Waals surface area contributed by atoms with Crippen molar-refractivity contribution < 1.29 is 0 Å². The molecule has 0 saturated carbocycles. The number of pyridine rings is 1. The number of nitrogens with zero attached hydrogens (tertiary/aromatic N) is 1. The van der Waals surface area contributed by atoms with E-state index in [0.717, 1.165) is 21.0 Å². The summed E-state index contributed by atoms with van der Waals surface area (Å²) in [6.45, 7) is 8.00. The van der Waals surface area contributed by atoms with Gasteiger partial charge in [-0.1, -0.05) is 52.0 Å². The third-order valence-electron chi connectivity index (χ3n) is 3.16. The van der Waals surface area contributed by atoms with E-state index in [4.69, 9.17) is 0 Å². The molecule has 114 valence electrons. The van der Waals surface area contributed by atoms with Crippen LogP contribution in [0.3, 0.4) is 0 Å². The first kappa shape index (κ1) is 16.2. The summed E-state index contributed by atoms with van der Waals surface area (Å²) >= 11 is 1.51. The van der Waals surface area contributed by atoms with Crippen molar-refractivity contribution in [2.45, 2.75) is 27.7 Å². The zero-order chi connectivity index (χ0) is 16.1. The molecule has 2 aromatic carbocycles. The quantitative estimate of drug-likeness (QED) is 0.445. The maximum Gasteiger partial charge on any atom is 0.275 e. The summed E-state index contributed by atoms with van der Waals surface area (Å²) < 4.78 is 0.958. The SMILES string of the molecule is CC.CC.O=c1[nH]c2cc3ccccc3cc2c2scnc12. The molecule has 0 aliphatic carbocycles. The summed E-state index contributed by atoms with van der Waals surface area (Å²) in [6, 6.07) is 12.3. The number of thiazole rings is 1. The minimum Gasteiger partial charge on any atom is -0.320 e. The Labute approximate surface area is 133 Å². The van der Waals surface area contributed by atoms with Crippen molar-refractivity contribution in [3.05, 3.63) is 52.3 Å². The van der Waals surface area contributed by atoms with Crippen molar-refractivity contribution in [2.75, 3.05) is 0 Å². The summed E-state index contributed by atoms with van der Waals surface area (Å²) in [4.78, 5) is 18.9. The molecular formula is C18H20N2OS. The number of hydrogen-bond acceptors (Lipinski definition) is 3. The number of aromatic amines is 1. The molecule has 0 bridgehead atoms. The number of fused-ring (bicyclic) bond motifs is 4. The lowest BCUT2D eigenvalue weighted by Crippen LogP contribution is -2.05. The van der Waals surface area contributed by atoms with Crippen LogP contribution in [0.15, 0.2) is 46.7 Å². The molecule has 0 fully saturated rings. The Morgan fingerprint density at radius 2 is 1.64 bits per heavy atom. The van der Waals surface area contributed by atoms with E-state index in [2.05, 4.69) is 22.1 Å². The highest BCUT2D eigenvalue weighted by Crippen LogP contribution is 2.28. The normalized spacial score (nSPS) is 10.0. The Morgan fingerprint density at radius 1 is 1.00 bits per heavy atom. The predicted octanol–water partition coefficient (Wildman–Crippen LogP) is 5.34. The smallest absolute Gasteiger partial charge is 0.275 e. The monoisotopic (exact) mass is 312 g/mol. The first-order chi connectivity index (χ1) is 10.8. The van der Waals surface area contributed by atoms with Crippen molar-refractivity contribution in [1.82, 2.24) is 9.97 Å². The fourth-order valence-electron chi connectivity index (χ4n) is 2.31. The van der Waals surface area contributed by atoms with Crippen LogP contribution in [0.25, 0.3) is 31.9 Å². The van der Waals surface area contributed by atoms with E-state index in [1.54, 1.807) is 5.51 Å². The average molecular weight is 312 g/mol. The molecule has 4 heteroatoms. The molecule has 0 unspecified atom stereocenters. The Kier molecular flexibility index (Phi) is 5.28. The van der Waals surface area contributed by atoms with Crippen LogP contribution in [0.1, 0.15) is 27.7 Å². The molecule has 22 heavy (non-hydrogen) atoms. The number of nitrogens with one attached hydrogen (secondary N) is 1. The van der Waals surface area contributed by atoms with Gasteiger partial charge in [0.05, 0.1) is 15.7 Å². The van der Waals surface area contributed by atoms with E-state index < -0.39 is 0 Å². The lowest BCUT2D eigenvalue weighted by atomic mass is 10.1. The third kappa shape index (κ3) is 2.74. The Morgan fingerprint density at radius 3 is 2.32 bits per heavy atom. The first-order valence-corrected chi connectivity index (χ1v) is 8.49. The van der Waals surface area contributed by atoms with Gasteiger partial charge in [-0.15, -0.1) is 11.3 Å². The van der Waals surface area contributed by atoms with Crippen molar-refractivity contribution in [3.8, 4) is 0 Å². The summed E-state index contributed by atoms with van der Waals surface area (Å²) in [7, 11) is 0. The summed E-state index contributed by atoms with van der Waals surface area (Å²) in [5.74, 6) is 0. The summed E-state index contributed by atoms with van der Waals surface area (Å²) in [5.41, 5.74) is 3.00. The summed E-state index contributed by atoms with van der Waals surface area (Å²) in [6.07, 6.45) is 0. The molecular weight excluding hydrogens is 292 g/mol. The van der Waals surface area contributed by atoms with E-state index in [-0.39, 0.29) is 5.56 Å². The number of aromatic nitrogens is 2. The van der Waals surface area contributed by atoms with Crippen LogP contribution < -0.4 is 5.56 Å². The number of rotatable bonds is 0. The van der Waals surface area contributed by atoms with E-state index in [1.165, 1.54) is 16.7 Å². The van der Waals surface area contributed by atoms with Gasteiger partial charge in [-0.25, -0.2) is 4.98 Å². The van der Waals surface area contributed by atoms with Crippen LogP contribution in [0, 0.1) is 0 Å². The zero-order valence-electron chi connectivity index (χ0n) is 13.3. The van der Waals surface area contributed by atoms with Crippen molar-refractivity contribution in [1.29, 1.82) is 0 Å². The Balaban J connectivity index is 0.000000410. The van der Waals surface area contributed by atoms with Gasteiger partial charge in [0.25, 0.3) is 5.56 Å². The second kappa shape index (κ2) is 7.18. The van der Waals surface area contributed by atoms with Crippen LogP contribution >= 0.6 is 11.3 Å². The van der Waals surface area contributed by atoms with Gasteiger partial charge >= 0.3 is 0 Å². The average Bonchev–Trinajstić information content (AvgIpc) is 3.08.